The van der Waals surface area contributed by atoms with E-state index in [1.165, 1.54) is 4.90 Å². The number of nitrogens with zero attached hydrogens (tertiary/aromatic N) is 1. The number of likely N-dealkylation sites (N-methyl/N-ethyl adjacent to an activating group) is 1. The molecule has 0 bridgehead atoms. The number of hydrogen-bond acceptors (Lipinski definition) is 2. The van der Waals surface area contributed by atoms with Gasteiger partial charge in [0, 0.05) is 24.4 Å². The van der Waals surface area contributed by atoms with Crippen molar-refractivity contribution in [1.82, 2.24) is 9.88 Å². The van der Waals surface area contributed by atoms with E-state index in [0.717, 1.165) is 27.7 Å². The summed E-state index contributed by atoms with van der Waals surface area (Å²) in [5, 5.41) is 1.01. The van der Waals surface area contributed by atoms with Crippen LogP contribution in [0.3, 0.4) is 0 Å². The fraction of sp³-hybridized carbons (Fsp3) is 0.158. The number of rotatable bonds is 2. The zero-order valence-corrected chi connectivity index (χ0v) is 12.7. The van der Waals surface area contributed by atoms with E-state index < -0.39 is 5.92 Å². The third-order valence-corrected chi connectivity index (χ3v) is 4.54. The van der Waals surface area contributed by atoms with Gasteiger partial charge in [-0.2, -0.15) is 0 Å². The summed E-state index contributed by atoms with van der Waals surface area (Å²) >= 11 is 0. The van der Waals surface area contributed by atoms with Crippen LogP contribution < -0.4 is 0 Å². The van der Waals surface area contributed by atoms with Crippen LogP contribution >= 0.6 is 0 Å². The smallest absolute Gasteiger partial charge is 0.237 e. The molecule has 2 aromatic carbocycles. The second-order valence-corrected chi connectivity index (χ2v) is 5.87. The molecule has 0 saturated carbocycles. The normalized spacial score (nSPS) is 18.1. The Kier molecular flexibility index (Phi) is 3.05. The molecular formula is C19H16N2O2. The minimum atomic E-state index is -0.418. The number of carbonyl (C=O) groups is 2. The first kappa shape index (κ1) is 13.8. The lowest BCUT2D eigenvalue weighted by Crippen LogP contribution is -2.25. The fourth-order valence-corrected chi connectivity index (χ4v) is 3.34. The number of H-pyrrole nitrogens is 1. The van der Waals surface area contributed by atoms with Crippen molar-refractivity contribution in [2.24, 2.45) is 0 Å². The molecule has 4 rings (SSSR count). The Labute approximate surface area is 133 Å². The molecule has 2 amide bonds. The molecule has 114 valence electrons. The number of aromatic amines is 1. The lowest BCUT2D eigenvalue weighted by atomic mass is 9.92. The Balaban J connectivity index is 1.98. The van der Waals surface area contributed by atoms with Gasteiger partial charge in [0.15, 0.2) is 0 Å². The summed E-state index contributed by atoms with van der Waals surface area (Å²) in [7, 11) is 1.56. The van der Waals surface area contributed by atoms with Crippen molar-refractivity contribution in [3.05, 3.63) is 60.2 Å². The summed E-state index contributed by atoms with van der Waals surface area (Å²) in [5.74, 6) is -0.667. The molecule has 23 heavy (non-hydrogen) atoms. The van der Waals surface area contributed by atoms with Gasteiger partial charge in [0.2, 0.25) is 11.8 Å². The van der Waals surface area contributed by atoms with Crippen molar-refractivity contribution in [3.63, 3.8) is 0 Å². The van der Waals surface area contributed by atoms with Gasteiger partial charge in [-0.15, -0.1) is 0 Å². The minimum Gasteiger partial charge on any atom is -0.354 e. The minimum absolute atomic E-state index is 0.121. The Morgan fingerprint density at radius 1 is 1.00 bits per heavy atom. The maximum absolute atomic E-state index is 12.5. The van der Waals surface area contributed by atoms with Crippen molar-refractivity contribution in [3.8, 4) is 11.3 Å². The number of imide groups is 1. The SMILES string of the molecule is CN1C(=O)C[C@@H](c2c(-c3ccccc3)[nH]c3ccccc23)C1=O. The van der Waals surface area contributed by atoms with Gasteiger partial charge in [-0.05, 0) is 17.2 Å². The highest BCUT2D eigenvalue weighted by Gasteiger charge is 2.39. The summed E-state index contributed by atoms with van der Waals surface area (Å²) in [6, 6.07) is 17.9. The molecule has 0 radical (unpaired) electrons. The molecule has 0 unspecified atom stereocenters. The highest BCUT2D eigenvalue weighted by molar-refractivity contribution is 6.09. The van der Waals surface area contributed by atoms with Crippen LogP contribution in [0.5, 0.6) is 0 Å². The average molecular weight is 304 g/mol. The predicted molar refractivity (Wildman–Crippen MR) is 88.9 cm³/mol. The van der Waals surface area contributed by atoms with Gasteiger partial charge >= 0.3 is 0 Å². The summed E-state index contributed by atoms with van der Waals surface area (Å²) in [4.78, 5) is 29.2. The van der Waals surface area contributed by atoms with Gasteiger partial charge < -0.3 is 4.98 Å². The number of amides is 2. The number of carbonyl (C=O) groups excluding carboxylic acids is 2. The average Bonchev–Trinajstić information content (AvgIpc) is 3.08. The van der Waals surface area contributed by atoms with Crippen molar-refractivity contribution in [1.29, 1.82) is 0 Å². The Hall–Kier alpha value is -2.88. The summed E-state index contributed by atoms with van der Waals surface area (Å²) < 4.78 is 0. The Morgan fingerprint density at radius 3 is 2.39 bits per heavy atom. The molecule has 0 spiro atoms. The number of hydrogen-bond donors (Lipinski definition) is 1. The first-order valence-electron chi connectivity index (χ1n) is 7.63. The first-order chi connectivity index (χ1) is 11.2. The molecule has 1 aliphatic rings. The van der Waals surface area contributed by atoms with E-state index in [2.05, 4.69) is 4.98 Å². The van der Waals surface area contributed by atoms with E-state index in [4.69, 9.17) is 0 Å². The van der Waals surface area contributed by atoms with Crippen LogP contribution in [0.4, 0.5) is 0 Å². The van der Waals surface area contributed by atoms with Crippen LogP contribution in [0.15, 0.2) is 54.6 Å². The maximum atomic E-state index is 12.5. The Morgan fingerprint density at radius 2 is 1.70 bits per heavy atom. The number of fused-ring (bicyclic) bond motifs is 1. The third-order valence-electron chi connectivity index (χ3n) is 4.54. The van der Waals surface area contributed by atoms with Crippen LogP contribution in [0.1, 0.15) is 17.9 Å². The highest BCUT2D eigenvalue weighted by atomic mass is 16.2. The fourth-order valence-electron chi connectivity index (χ4n) is 3.34. The molecule has 3 aromatic rings. The van der Waals surface area contributed by atoms with Gasteiger partial charge in [-0.25, -0.2) is 0 Å². The van der Waals surface area contributed by atoms with Gasteiger partial charge in [-0.3, -0.25) is 14.5 Å². The zero-order valence-electron chi connectivity index (χ0n) is 12.7. The van der Waals surface area contributed by atoms with E-state index in [1.807, 2.05) is 54.6 Å². The molecule has 1 atom stereocenters. The molecule has 1 fully saturated rings. The third kappa shape index (κ3) is 2.06. The van der Waals surface area contributed by atoms with Crippen molar-refractivity contribution < 1.29 is 9.59 Å². The zero-order chi connectivity index (χ0) is 16.0. The van der Waals surface area contributed by atoms with E-state index in [1.54, 1.807) is 7.05 Å². The Bertz CT molecular complexity index is 912. The van der Waals surface area contributed by atoms with Gasteiger partial charge in [-0.1, -0.05) is 48.5 Å². The van der Waals surface area contributed by atoms with Crippen molar-refractivity contribution in [2.45, 2.75) is 12.3 Å². The largest absolute Gasteiger partial charge is 0.354 e. The lowest BCUT2D eigenvalue weighted by molar-refractivity contribution is -0.137. The second-order valence-electron chi connectivity index (χ2n) is 5.87. The number of para-hydroxylation sites is 1. The molecule has 4 nitrogen and oxygen atoms in total. The first-order valence-corrected chi connectivity index (χ1v) is 7.63. The van der Waals surface area contributed by atoms with E-state index in [-0.39, 0.29) is 18.2 Å². The van der Waals surface area contributed by atoms with E-state index >= 15 is 0 Å². The summed E-state index contributed by atoms with van der Waals surface area (Å²) in [6.45, 7) is 0. The topological polar surface area (TPSA) is 53.2 Å². The molecule has 1 N–H and O–H groups in total. The van der Waals surface area contributed by atoms with Crippen LogP contribution in [-0.2, 0) is 9.59 Å². The maximum Gasteiger partial charge on any atom is 0.237 e. The molecule has 1 aromatic heterocycles. The van der Waals surface area contributed by atoms with Gasteiger partial charge in [0.1, 0.15) is 0 Å². The molecular weight excluding hydrogens is 288 g/mol. The summed E-state index contributed by atoms with van der Waals surface area (Å²) in [5.41, 5.74) is 3.85. The molecule has 4 heteroatoms. The number of likely N-dealkylation sites (tertiary alicyclic amines) is 1. The lowest BCUT2D eigenvalue weighted by Gasteiger charge is -2.11. The van der Waals surface area contributed by atoms with Crippen molar-refractivity contribution in [2.75, 3.05) is 7.05 Å². The molecule has 0 aliphatic carbocycles. The highest BCUT2D eigenvalue weighted by Crippen LogP contribution is 2.40. The molecule has 1 aliphatic heterocycles. The van der Waals surface area contributed by atoms with Crippen molar-refractivity contribution >= 4 is 22.7 Å². The number of aromatic nitrogens is 1. The van der Waals surface area contributed by atoms with Crippen LogP contribution in [0, 0.1) is 0 Å². The second kappa shape index (κ2) is 5.09. The standard InChI is InChI=1S/C19H16N2O2/c1-21-16(22)11-14(19(21)23)17-13-9-5-6-10-15(13)20-18(17)12-7-3-2-4-8-12/h2-10,14,20H,11H2,1H3/t14-/m0/s1. The van der Waals surface area contributed by atoms with Crippen LogP contribution in [0.25, 0.3) is 22.2 Å². The number of benzene rings is 2. The molecule has 2 heterocycles. The number of nitrogens with one attached hydrogen (secondary N) is 1. The van der Waals surface area contributed by atoms with Crippen LogP contribution in [0.2, 0.25) is 0 Å². The molecule has 1 saturated heterocycles. The van der Waals surface area contributed by atoms with E-state index in [9.17, 15) is 9.59 Å². The van der Waals surface area contributed by atoms with Gasteiger partial charge in [0.25, 0.3) is 0 Å². The monoisotopic (exact) mass is 304 g/mol. The predicted octanol–water partition coefficient (Wildman–Crippen LogP) is 3.31. The van der Waals surface area contributed by atoms with E-state index in [0.29, 0.717) is 0 Å². The van der Waals surface area contributed by atoms with Crippen LogP contribution in [-0.4, -0.2) is 28.7 Å². The van der Waals surface area contributed by atoms with Gasteiger partial charge in [0.05, 0.1) is 11.6 Å². The summed E-state index contributed by atoms with van der Waals surface area (Å²) in [6.07, 6.45) is 0.233. The quantitative estimate of drug-likeness (QED) is 0.739.